The maximum atomic E-state index is 6.39. The SMILES string of the molecule is C.C=CCO[Si](C)C.C=C[Si](C)(O[Si](C)(C)C)O[Si](C)(C)C.CC(C)O[Si](C)(C)C.CC([SiH3])[Si](C)(O[Si](C)(C)C)O[Si](C)(C)C.CN=C(C)c1cccc(C(C)=NC)n1.C[Si](C)(C)O[Si](C)(CC[SiH3])O[Si](C)(C)C.[CH3-].[Co]. The van der Waals surface area contributed by atoms with Crippen LogP contribution >= 0.6 is 0 Å². The van der Waals surface area contributed by atoms with Gasteiger partial charge in [-0.05, 0) is 221 Å². The first-order valence-corrected chi connectivity index (χ1v) is 62.7. The molecule has 0 spiro atoms. The molecule has 0 aliphatic carbocycles. The largest absolute Gasteiger partial charge is 0.437 e. The van der Waals surface area contributed by atoms with Gasteiger partial charge in [-0.15, -0.1) is 13.2 Å². The van der Waals surface area contributed by atoms with E-state index < -0.39 is 92.9 Å². The minimum Gasteiger partial charge on any atom is -0.437 e. The Morgan fingerprint density at radius 3 is 1.09 bits per heavy atom. The predicted octanol–water partition coefficient (Wildman–Crippen LogP) is 15.2. The zero-order valence-corrected chi connectivity index (χ0v) is 72.1. The van der Waals surface area contributed by atoms with Gasteiger partial charge in [0.15, 0.2) is 58.2 Å². The molecular formula is C51H129CoN3O8Si13-. The van der Waals surface area contributed by atoms with E-state index in [0.29, 0.717) is 17.9 Å². The molecule has 1 unspecified atom stereocenters. The van der Waals surface area contributed by atoms with Gasteiger partial charge in [-0.25, -0.2) is 4.98 Å². The quantitative estimate of drug-likeness (QED) is 0.0458. The summed E-state index contributed by atoms with van der Waals surface area (Å²) in [6, 6.07) is 8.37. The molecule has 458 valence electrons. The summed E-state index contributed by atoms with van der Waals surface area (Å²) in [5.74, 6) is 0. The second kappa shape index (κ2) is 41.9. The summed E-state index contributed by atoms with van der Waals surface area (Å²) in [4.78, 5) is 12.7. The fraction of sp³-hybridized carbons (Fsp3) is 0.765. The molecule has 0 N–H and O–H groups in total. The van der Waals surface area contributed by atoms with E-state index in [0.717, 1.165) is 22.8 Å². The summed E-state index contributed by atoms with van der Waals surface area (Å²) in [6.45, 7) is 76.2. The summed E-state index contributed by atoms with van der Waals surface area (Å²) in [5.41, 5.74) is 5.61. The van der Waals surface area contributed by atoms with Gasteiger partial charge in [0.05, 0.1) is 29.4 Å². The van der Waals surface area contributed by atoms with Crippen LogP contribution in [0.4, 0.5) is 0 Å². The van der Waals surface area contributed by atoms with Crippen LogP contribution in [0.2, 0.25) is 187 Å². The Morgan fingerprint density at radius 1 is 0.605 bits per heavy atom. The Balaban J connectivity index is -0.000000123. The van der Waals surface area contributed by atoms with E-state index in [1.54, 1.807) is 20.2 Å². The molecule has 25 heteroatoms. The number of pyridine rings is 1. The average Bonchev–Trinajstić information content (AvgIpc) is 3.12. The Labute approximate surface area is 504 Å². The second-order valence-electron chi connectivity index (χ2n) is 26.4. The van der Waals surface area contributed by atoms with Crippen LogP contribution < -0.4 is 0 Å². The maximum absolute atomic E-state index is 6.39. The van der Waals surface area contributed by atoms with Crippen LogP contribution in [0, 0.1) is 7.43 Å². The number of hydrogen-bond donors (Lipinski definition) is 0. The third-order valence-electron chi connectivity index (χ3n) is 8.44. The van der Waals surface area contributed by atoms with E-state index in [1.807, 2.05) is 37.7 Å². The van der Waals surface area contributed by atoms with E-state index in [9.17, 15) is 0 Å². The molecule has 0 saturated carbocycles. The fourth-order valence-electron chi connectivity index (χ4n) is 6.66. The minimum absolute atomic E-state index is 0. The molecule has 0 aromatic carbocycles. The van der Waals surface area contributed by atoms with Crippen LogP contribution in [0.25, 0.3) is 0 Å². The topological polar surface area (TPSA) is 111 Å². The van der Waals surface area contributed by atoms with Crippen LogP contribution in [-0.4, -0.2) is 157 Å². The predicted molar refractivity (Wildman–Crippen MR) is 377 cm³/mol. The van der Waals surface area contributed by atoms with Crippen molar-refractivity contribution >= 4 is 125 Å². The standard InChI is InChI=1S/C11H15N3.2C9H28O2Si4.C9H24O2Si3.C6H16OSi.C5H11OSi.CH4.CH3.Co/c1-8(12-3)10-6-5-7-11(14-10)9(2)13-4;1-13(2,3)10-15(7,9-8-12)11-14(4,5)6;1-9(12)15(8,10-13(2,3)4)11-14(5,6)7;1-9-14(8,10-12(2,3)4)11-13(5,6)7;1-6(2)7-8(3,4)5;1-4-5-6-7(2)3;;;/h5-7H,1-4H3;8-9H2,1-7,12H3;9H,1-8,12H3;9H,1H2,2-8H3;6H,1-5H3;4H,1,5H2,2-3H3;1H4;1H3;/q;;;;;;;-1;. The van der Waals surface area contributed by atoms with Crippen molar-refractivity contribution in [3.63, 3.8) is 0 Å². The van der Waals surface area contributed by atoms with Gasteiger partial charge in [0, 0.05) is 57.5 Å². The Morgan fingerprint density at radius 2 is 0.921 bits per heavy atom. The summed E-state index contributed by atoms with van der Waals surface area (Å²) in [5, 5.41) is 0.663. The fourth-order valence-corrected chi connectivity index (χ4v) is 49.1. The Hall–Kier alpha value is 0.976. The van der Waals surface area contributed by atoms with E-state index in [4.69, 9.17) is 33.5 Å². The maximum Gasteiger partial charge on any atom is 0.340 e. The summed E-state index contributed by atoms with van der Waals surface area (Å²) in [6.07, 6.45) is 2.18. The first kappa shape index (κ1) is 93.4. The number of hydrogen-bond acceptors (Lipinski definition) is 11. The number of aliphatic imine (C=N–C) groups is 2. The molecule has 1 aromatic rings. The number of aromatic nitrogens is 1. The van der Waals surface area contributed by atoms with Crippen LogP contribution in [-0.2, 0) is 50.3 Å². The zero-order valence-electron chi connectivity index (χ0n) is 56.0. The Kier molecular flexibility index (Phi) is 51.5. The summed E-state index contributed by atoms with van der Waals surface area (Å²) in [7, 11) is -10.5. The van der Waals surface area contributed by atoms with E-state index in [1.165, 1.54) is 32.6 Å². The van der Waals surface area contributed by atoms with Gasteiger partial charge in [-0.1, -0.05) is 38.2 Å². The van der Waals surface area contributed by atoms with Gasteiger partial charge in [-0.2, -0.15) is 0 Å². The molecule has 2 radical (unpaired) electrons. The smallest absolute Gasteiger partial charge is 0.340 e. The van der Waals surface area contributed by atoms with Crippen LogP contribution in [0.15, 0.2) is 53.1 Å². The molecular weight excluding hydrogens is 1210 g/mol. The Bertz CT molecular complexity index is 1640. The van der Waals surface area contributed by atoms with E-state index in [-0.39, 0.29) is 31.6 Å². The number of nitrogens with zero attached hydrogens (tertiary/aromatic N) is 3. The third kappa shape index (κ3) is 62.6. The van der Waals surface area contributed by atoms with Crippen LogP contribution in [0.3, 0.4) is 0 Å². The van der Waals surface area contributed by atoms with Crippen molar-refractivity contribution in [1.29, 1.82) is 0 Å². The third-order valence-corrected chi connectivity index (χ3v) is 43.9. The van der Waals surface area contributed by atoms with Gasteiger partial charge < -0.3 is 41.0 Å². The molecule has 76 heavy (non-hydrogen) atoms. The molecule has 1 heterocycles. The zero-order chi connectivity index (χ0) is 59.5. The van der Waals surface area contributed by atoms with Crippen molar-refractivity contribution in [1.82, 2.24) is 4.98 Å². The molecule has 11 nitrogen and oxygen atoms in total. The molecule has 0 aliphatic heterocycles. The molecule has 0 aliphatic rings. The molecule has 1 rings (SSSR count). The van der Waals surface area contributed by atoms with Crippen molar-refractivity contribution in [3.05, 3.63) is 61.9 Å². The molecule has 1 aromatic heterocycles. The minimum atomic E-state index is -2.11. The van der Waals surface area contributed by atoms with Crippen molar-refractivity contribution in [2.45, 2.75) is 236 Å². The molecule has 0 fully saturated rings. The van der Waals surface area contributed by atoms with Crippen molar-refractivity contribution in [2.75, 3.05) is 20.7 Å². The van der Waals surface area contributed by atoms with Crippen molar-refractivity contribution in [2.24, 2.45) is 9.98 Å². The van der Waals surface area contributed by atoms with Gasteiger partial charge >= 0.3 is 25.7 Å². The summed E-state index contributed by atoms with van der Waals surface area (Å²) < 4.78 is 48.5. The second-order valence-corrected chi connectivity index (χ2v) is 75.5. The molecule has 0 saturated heterocycles. The van der Waals surface area contributed by atoms with Crippen molar-refractivity contribution < 1.29 is 50.3 Å². The van der Waals surface area contributed by atoms with E-state index in [2.05, 4.69) is 219 Å². The molecule has 1 atom stereocenters. The van der Waals surface area contributed by atoms with Gasteiger partial charge in [-0.3, -0.25) is 9.98 Å². The normalized spacial score (nSPS) is 13.5. The van der Waals surface area contributed by atoms with Crippen LogP contribution in [0.5, 0.6) is 0 Å². The van der Waals surface area contributed by atoms with Crippen LogP contribution in [0.1, 0.15) is 53.4 Å². The van der Waals surface area contributed by atoms with Gasteiger partial charge in [0.2, 0.25) is 9.04 Å². The molecule has 0 amide bonds. The van der Waals surface area contributed by atoms with Crippen molar-refractivity contribution in [3.8, 4) is 0 Å². The first-order chi connectivity index (χ1) is 32.2. The summed E-state index contributed by atoms with van der Waals surface area (Å²) >= 11 is 0. The van der Waals surface area contributed by atoms with E-state index >= 15 is 0 Å². The van der Waals surface area contributed by atoms with Gasteiger partial charge in [0.25, 0.3) is 0 Å². The monoisotopic (exact) mass is 1330 g/mol. The number of rotatable bonds is 23. The van der Waals surface area contributed by atoms with Gasteiger partial charge in [0.1, 0.15) is 0 Å². The molecule has 0 bridgehead atoms. The first-order valence-electron chi connectivity index (χ1n) is 26.6. The average molecular weight is 1340 g/mol.